The molecule has 1 fully saturated rings. The third-order valence-electron chi connectivity index (χ3n) is 5.00. The minimum atomic E-state index is -0.585. The minimum absolute atomic E-state index is 0.149. The van der Waals surface area contributed by atoms with E-state index in [1.165, 1.54) is 6.26 Å². The van der Waals surface area contributed by atoms with Crippen molar-refractivity contribution < 1.29 is 13.7 Å². The van der Waals surface area contributed by atoms with Crippen molar-refractivity contribution in [1.29, 1.82) is 0 Å². The van der Waals surface area contributed by atoms with Gasteiger partial charge in [-0.1, -0.05) is 31.8 Å². The second-order valence-electron chi connectivity index (χ2n) is 7.39. The fraction of sp³-hybridized carbons (Fsp3) is 0.400. The van der Waals surface area contributed by atoms with E-state index < -0.39 is 5.54 Å². The van der Waals surface area contributed by atoms with Crippen LogP contribution >= 0.6 is 0 Å². The summed E-state index contributed by atoms with van der Waals surface area (Å²) in [6, 6.07) is 7.03. The Balaban J connectivity index is 1.46. The quantitative estimate of drug-likeness (QED) is 0.677. The van der Waals surface area contributed by atoms with Gasteiger partial charge < -0.3 is 19.6 Å². The zero-order valence-electron chi connectivity index (χ0n) is 15.9. The molecule has 28 heavy (non-hydrogen) atoms. The Morgan fingerprint density at radius 2 is 1.93 bits per heavy atom. The zero-order chi connectivity index (χ0) is 19.6. The van der Waals surface area contributed by atoms with Gasteiger partial charge in [-0.3, -0.25) is 0 Å². The molecule has 1 aliphatic carbocycles. The molecular formula is C20H23N5O3. The number of rotatable bonds is 5. The van der Waals surface area contributed by atoms with Gasteiger partial charge in [-0.15, -0.1) is 0 Å². The van der Waals surface area contributed by atoms with E-state index in [2.05, 4.69) is 25.8 Å². The molecule has 1 aromatic carbocycles. The standard InChI is InChI=1S/C20H23N5O3/c1-13(2)16-23-18(25-28-16)20(9-3-4-10-20)24-19(26)22-15-7-5-14(6-8-15)17-21-11-12-27-17/h5-8,11-13H,3-4,9-10H2,1-2H3,(H2,22,24,26). The number of aromatic nitrogens is 3. The zero-order valence-corrected chi connectivity index (χ0v) is 15.9. The number of hydrogen-bond donors (Lipinski definition) is 2. The second kappa shape index (κ2) is 7.46. The maximum Gasteiger partial charge on any atom is 0.320 e. The van der Waals surface area contributed by atoms with E-state index in [4.69, 9.17) is 8.94 Å². The topological polar surface area (TPSA) is 106 Å². The highest BCUT2D eigenvalue weighted by molar-refractivity contribution is 5.90. The molecule has 4 rings (SSSR count). The third-order valence-corrected chi connectivity index (χ3v) is 5.00. The van der Waals surface area contributed by atoms with Crippen LogP contribution in [0.25, 0.3) is 11.5 Å². The molecule has 146 valence electrons. The van der Waals surface area contributed by atoms with Gasteiger partial charge in [-0.05, 0) is 37.1 Å². The number of oxazole rings is 1. The summed E-state index contributed by atoms with van der Waals surface area (Å²) in [5.41, 5.74) is 0.937. The molecule has 8 heteroatoms. The molecule has 0 bridgehead atoms. The van der Waals surface area contributed by atoms with Gasteiger partial charge >= 0.3 is 6.03 Å². The maximum absolute atomic E-state index is 12.7. The molecular weight excluding hydrogens is 358 g/mol. The molecule has 0 unspecified atom stereocenters. The third kappa shape index (κ3) is 3.62. The summed E-state index contributed by atoms with van der Waals surface area (Å²) < 4.78 is 10.6. The van der Waals surface area contributed by atoms with Gasteiger partial charge in [0.25, 0.3) is 0 Å². The van der Waals surface area contributed by atoms with Crippen LogP contribution in [-0.4, -0.2) is 21.2 Å². The van der Waals surface area contributed by atoms with E-state index in [0.717, 1.165) is 31.2 Å². The van der Waals surface area contributed by atoms with Crippen LogP contribution < -0.4 is 10.6 Å². The predicted octanol–water partition coefficient (Wildman–Crippen LogP) is 4.44. The van der Waals surface area contributed by atoms with Crippen molar-refractivity contribution in [2.45, 2.75) is 51.0 Å². The molecule has 1 aliphatic rings. The van der Waals surface area contributed by atoms with Gasteiger partial charge in [-0.25, -0.2) is 9.78 Å². The van der Waals surface area contributed by atoms with Gasteiger partial charge in [0.1, 0.15) is 11.8 Å². The van der Waals surface area contributed by atoms with Gasteiger partial charge in [-0.2, -0.15) is 4.98 Å². The Kier molecular flexibility index (Phi) is 4.85. The van der Waals surface area contributed by atoms with E-state index in [-0.39, 0.29) is 11.9 Å². The Morgan fingerprint density at radius 1 is 1.18 bits per heavy atom. The van der Waals surface area contributed by atoms with Gasteiger partial charge in [0.15, 0.2) is 5.82 Å². The molecule has 2 heterocycles. The molecule has 2 N–H and O–H groups in total. The fourth-order valence-corrected chi connectivity index (χ4v) is 3.49. The van der Waals surface area contributed by atoms with Gasteiger partial charge in [0.2, 0.25) is 11.8 Å². The van der Waals surface area contributed by atoms with Crippen LogP contribution in [0.1, 0.15) is 57.2 Å². The van der Waals surface area contributed by atoms with Gasteiger partial charge in [0.05, 0.1) is 6.20 Å². The van der Waals surface area contributed by atoms with Crippen LogP contribution in [0, 0.1) is 0 Å². The predicted molar refractivity (Wildman–Crippen MR) is 103 cm³/mol. The van der Waals surface area contributed by atoms with Crippen molar-refractivity contribution in [3.8, 4) is 11.5 Å². The Labute approximate surface area is 162 Å². The Morgan fingerprint density at radius 3 is 2.54 bits per heavy atom. The number of benzene rings is 1. The lowest BCUT2D eigenvalue weighted by atomic mass is 9.97. The highest BCUT2D eigenvalue weighted by Crippen LogP contribution is 2.37. The molecule has 3 aromatic rings. The van der Waals surface area contributed by atoms with E-state index in [0.29, 0.717) is 23.3 Å². The van der Waals surface area contributed by atoms with E-state index >= 15 is 0 Å². The molecule has 2 amide bonds. The molecule has 1 saturated carbocycles. The van der Waals surface area contributed by atoms with Crippen LogP contribution in [-0.2, 0) is 5.54 Å². The lowest BCUT2D eigenvalue weighted by Gasteiger charge is -2.26. The SMILES string of the molecule is CC(C)c1nc(C2(NC(=O)Nc3ccc(-c4ncco4)cc3)CCCC2)no1. The van der Waals surface area contributed by atoms with Crippen molar-refractivity contribution in [2.75, 3.05) is 5.32 Å². The van der Waals surface area contributed by atoms with Crippen molar-refractivity contribution in [1.82, 2.24) is 20.4 Å². The van der Waals surface area contributed by atoms with Crippen molar-refractivity contribution in [3.63, 3.8) is 0 Å². The molecule has 0 atom stereocenters. The summed E-state index contributed by atoms with van der Waals surface area (Å²) >= 11 is 0. The number of anilines is 1. The van der Waals surface area contributed by atoms with Crippen LogP contribution in [0.2, 0.25) is 0 Å². The van der Waals surface area contributed by atoms with Crippen LogP contribution in [0.4, 0.5) is 10.5 Å². The molecule has 0 aliphatic heterocycles. The maximum atomic E-state index is 12.7. The second-order valence-corrected chi connectivity index (χ2v) is 7.39. The Bertz CT molecular complexity index is 925. The van der Waals surface area contributed by atoms with Crippen LogP contribution in [0.15, 0.2) is 45.7 Å². The molecule has 0 radical (unpaired) electrons. The van der Waals surface area contributed by atoms with Gasteiger partial charge in [0, 0.05) is 17.2 Å². The first-order valence-electron chi connectivity index (χ1n) is 9.49. The van der Waals surface area contributed by atoms with Crippen molar-refractivity contribution in [3.05, 3.63) is 48.4 Å². The number of nitrogens with zero attached hydrogens (tertiary/aromatic N) is 3. The monoisotopic (exact) mass is 381 g/mol. The number of urea groups is 1. The molecule has 0 saturated heterocycles. The fourth-order valence-electron chi connectivity index (χ4n) is 3.49. The smallest absolute Gasteiger partial charge is 0.320 e. The van der Waals surface area contributed by atoms with Crippen molar-refractivity contribution >= 4 is 11.7 Å². The van der Waals surface area contributed by atoms with E-state index in [9.17, 15) is 4.79 Å². The average molecular weight is 381 g/mol. The average Bonchev–Trinajstić information content (AvgIpc) is 3.43. The number of nitrogens with one attached hydrogen (secondary N) is 2. The number of amides is 2. The van der Waals surface area contributed by atoms with Crippen LogP contribution in [0.3, 0.4) is 0 Å². The lowest BCUT2D eigenvalue weighted by Crippen LogP contribution is -2.46. The number of carbonyl (C=O) groups excluding carboxylic acids is 1. The first kappa shape index (κ1) is 18.2. The normalized spacial score (nSPS) is 15.7. The molecule has 8 nitrogen and oxygen atoms in total. The van der Waals surface area contributed by atoms with Crippen LogP contribution in [0.5, 0.6) is 0 Å². The summed E-state index contributed by atoms with van der Waals surface area (Å²) in [5.74, 6) is 1.84. The highest BCUT2D eigenvalue weighted by Gasteiger charge is 2.41. The van der Waals surface area contributed by atoms with E-state index in [1.807, 2.05) is 38.1 Å². The first-order valence-corrected chi connectivity index (χ1v) is 9.49. The largest absolute Gasteiger partial charge is 0.445 e. The lowest BCUT2D eigenvalue weighted by molar-refractivity contribution is 0.232. The summed E-state index contributed by atoms with van der Waals surface area (Å²) in [5, 5.41) is 10.1. The van der Waals surface area contributed by atoms with E-state index in [1.54, 1.807) is 6.20 Å². The molecule has 2 aromatic heterocycles. The number of hydrogen-bond acceptors (Lipinski definition) is 6. The summed E-state index contributed by atoms with van der Waals surface area (Å²) in [6.45, 7) is 4.00. The summed E-state index contributed by atoms with van der Waals surface area (Å²) in [4.78, 5) is 21.3. The molecule has 0 spiro atoms. The van der Waals surface area contributed by atoms with Crippen molar-refractivity contribution in [2.24, 2.45) is 0 Å². The summed E-state index contributed by atoms with van der Waals surface area (Å²) in [6.07, 6.45) is 6.73. The number of carbonyl (C=O) groups is 1. The highest BCUT2D eigenvalue weighted by atomic mass is 16.5. The summed E-state index contributed by atoms with van der Waals surface area (Å²) in [7, 11) is 0. The minimum Gasteiger partial charge on any atom is -0.445 e. The first-order chi connectivity index (χ1) is 13.6. The Hall–Kier alpha value is -3.16.